The lowest BCUT2D eigenvalue weighted by atomic mass is 10.3. The molecule has 0 aromatic carbocycles. The Morgan fingerprint density at radius 1 is 0.833 bits per heavy atom. The molecule has 4 heteroatoms. The van der Waals surface area contributed by atoms with Gasteiger partial charge >= 0.3 is 0 Å². The molecule has 2 amide bonds. The molecular weight excluding hydrogens is 228 g/mol. The van der Waals surface area contributed by atoms with E-state index in [9.17, 15) is 9.59 Å². The smallest absolute Gasteiger partial charge is 0.246 e. The summed E-state index contributed by atoms with van der Waals surface area (Å²) in [4.78, 5) is 26.6. The van der Waals surface area contributed by atoms with Crippen LogP contribution in [-0.4, -0.2) is 47.8 Å². The van der Waals surface area contributed by atoms with Crippen molar-refractivity contribution in [3.8, 4) is 0 Å². The third-order valence-corrected chi connectivity index (χ3v) is 2.60. The van der Waals surface area contributed by atoms with Gasteiger partial charge in [-0.15, -0.1) is 0 Å². The lowest BCUT2D eigenvalue weighted by molar-refractivity contribution is -0.130. The monoisotopic (exact) mass is 252 g/mol. The Bertz CT molecular complexity index is 270. The highest BCUT2D eigenvalue weighted by Gasteiger charge is 2.13. The van der Waals surface area contributed by atoms with Gasteiger partial charge in [0.1, 0.15) is 0 Å². The summed E-state index contributed by atoms with van der Waals surface area (Å²) in [5.74, 6) is -0.168. The van der Waals surface area contributed by atoms with E-state index in [0.717, 1.165) is 12.8 Å². The summed E-state index contributed by atoms with van der Waals surface area (Å²) in [6.07, 6.45) is 4.41. The van der Waals surface area contributed by atoms with Gasteiger partial charge in [0.2, 0.25) is 11.8 Å². The number of hydrogen-bond acceptors (Lipinski definition) is 2. The number of rotatable bonds is 9. The third-order valence-electron chi connectivity index (χ3n) is 2.60. The largest absolute Gasteiger partial charge is 0.337 e. The Hall–Kier alpha value is -1.58. The molecule has 0 fully saturated rings. The second kappa shape index (κ2) is 9.45. The molecule has 0 bridgehead atoms. The first-order valence-corrected chi connectivity index (χ1v) is 6.43. The van der Waals surface area contributed by atoms with E-state index in [0.29, 0.717) is 26.2 Å². The van der Waals surface area contributed by atoms with Crippen LogP contribution in [0.2, 0.25) is 0 Å². The summed E-state index contributed by atoms with van der Waals surface area (Å²) >= 11 is 0. The SMILES string of the molecule is C=CC(=O)N(CCC)CCN(CCC)C(=O)C=C. The maximum Gasteiger partial charge on any atom is 0.246 e. The molecule has 0 rings (SSSR count). The van der Waals surface area contributed by atoms with Gasteiger partial charge in [0.05, 0.1) is 0 Å². The molecule has 0 atom stereocenters. The fraction of sp³-hybridized carbons (Fsp3) is 0.571. The summed E-state index contributed by atoms with van der Waals surface area (Å²) in [6.45, 7) is 13.5. The number of amides is 2. The van der Waals surface area contributed by atoms with E-state index in [4.69, 9.17) is 0 Å². The molecule has 0 aromatic rings. The Kier molecular flexibility index (Phi) is 8.62. The minimum atomic E-state index is -0.0839. The lowest BCUT2D eigenvalue weighted by Crippen LogP contribution is -2.40. The van der Waals surface area contributed by atoms with Gasteiger partial charge in [0.15, 0.2) is 0 Å². The minimum Gasteiger partial charge on any atom is -0.337 e. The molecular formula is C14H24N2O2. The highest BCUT2D eigenvalue weighted by molar-refractivity contribution is 5.88. The van der Waals surface area contributed by atoms with Crippen LogP contribution in [0, 0.1) is 0 Å². The van der Waals surface area contributed by atoms with Crippen LogP contribution in [0.4, 0.5) is 0 Å². The zero-order valence-electron chi connectivity index (χ0n) is 11.5. The van der Waals surface area contributed by atoms with Gasteiger partial charge in [-0.25, -0.2) is 0 Å². The van der Waals surface area contributed by atoms with Crippen LogP contribution in [-0.2, 0) is 9.59 Å². The van der Waals surface area contributed by atoms with Gasteiger partial charge in [0, 0.05) is 26.2 Å². The van der Waals surface area contributed by atoms with Gasteiger partial charge in [-0.1, -0.05) is 27.0 Å². The molecule has 102 valence electrons. The standard InChI is InChI=1S/C14H24N2O2/c1-5-9-15(13(17)7-3)11-12-16(10-6-2)14(18)8-4/h7-8H,3-6,9-12H2,1-2H3. The van der Waals surface area contributed by atoms with Crippen molar-refractivity contribution >= 4 is 11.8 Å². The summed E-state index contributed by atoms with van der Waals surface area (Å²) in [6, 6.07) is 0. The van der Waals surface area contributed by atoms with E-state index in [2.05, 4.69) is 13.2 Å². The predicted octanol–water partition coefficient (Wildman–Crippen LogP) is 1.84. The second-order valence-electron chi connectivity index (χ2n) is 4.06. The Morgan fingerprint density at radius 3 is 1.39 bits per heavy atom. The number of nitrogens with zero attached hydrogens (tertiary/aromatic N) is 2. The van der Waals surface area contributed by atoms with E-state index in [1.807, 2.05) is 13.8 Å². The van der Waals surface area contributed by atoms with Crippen LogP contribution in [0.5, 0.6) is 0 Å². The second-order valence-corrected chi connectivity index (χ2v) is 4.06. The van der Waals surface area contributed by atoms with E-state index < -0.39 is 0 Å². The zero-order chi connectivity index (χ0) is 14.0. The van der Waals surface area contributed by atoms with Crippen molar-refractivity contribution in [1.82, 2.24) is 9.80 Å². The van der Waals surface area contributed by atoms with E-state index in [1.54, 1.807) is 9.80 Å². The molecule has 0 aliphatic heterocycles. The van der Waals surface area contributed by atoms with Crippen molar-refractivity contribution in [3.05, 3.63) is 25.3 Å². The van der Waals surface area contributed by atoms with Crippen molar-refractivity contribution in [2.24, 2.45) is 0 Å². The first-order valence-electron chi connectivity index (χ1n) is 6.43. The van der Waals surface area contributed by atoms with Crippen molar-refractivity contribution in [1.29, 1.82) is 0 Å². The predicted molar refractivity (Wildman–Crippen MR) is 74.1 cm³/mol. The molecule has 0 aromatic heterocycles. The van der Waals surface area contributed by atoms with Gasteiger partial charge in [-0.2, -0.15) is 0 Å². The molecule has 0 unspecified atom stereocenters. The van der Waals surface area contributed by atoms with Crippen LogP contribution in [0.1, 0.15) is 26.7 Å². The molecule has 0 N–H and O–H groups in total. The maximum absolute atomic E-state index is 11.6. The van der Waals surface area contributed by atoms with Crippen molar-refractivity contribution in [3.63, 3.8) is 0 Å². The van der Waals surface area contributed by atoms with E-state index in [-0.39, 0.29) is 11.8 Å². The van der Waals surface area contributed by atoms with Crippen LogP contribution in [0.15, 0.2) is 25.3 Å². The Labute approximate surface area is 110 Å². The first-order chi connectivity index (χ1) is 8.60. The van der Waals surface area contributed by atoms with Crippen LogP contribution in [0.3, 0.4) is 0 Å². The molecule has 18 heavy (non-hydrogen) atoms. The Morgan fingerprint density at radius 2 is 1.17 bits per heavy atom. The van der Waals surface area contributed by atoms with E-state index in [1.165, 1.54) is 12.2 Å². The highest BCUT2D eigenvalue weighted by Crippen LogP contribution is 1.99. The summed E-state index contributed by atoms with van der Waals surface area (Å²) in [5, 5.41) is 0. The highest BCUT2D eigenvalue weighted by atomic mass is 16.2. The van der Waals surface area contributed by atoms with Gasteiger partial charge in [-0.05, 0) is 25.0 Å². The summed E-state index contributed by atoms with van der Waals surface area (Å²) in [7, 11) is 0. The van der Waals surface area contributed by atoms with Crippen molar-refractivity contribution in [2.45, 2.75) is 26.7 Å². The van der Waals surface area contributed by atoms with Crippen molar-refractivity contribution < 1.29 is 9.59 Å². The van der Waals surface area contributed by atoms with Crippen LogP contribution < -0.4 is 0 Å². The fourth-order valence-electron chi connectivity index (χ4n) is 1.70. The van der Waals surface area contributed by atoms with Crippen LogP contribution in [0.25, 0.3) is 0 Å². The number of carbonyl (C=O) groups is 2. The quantitative estimate of drug-likeness (QED) is 0.587. The molecule has 0 saturated carbocycles. The molecule has 0 aliphatic carbocycles. The molecule has 0 spiro atoms. The molecule has 0 saturated heterocycles. The number of carbonyl (C=O) groups excluding carboxylic acids is 2. The molecule has 0 aliphatic rings. The van der Waals surface area contributed by atoms with Gasteiger partial charge in [-0.3, -0.25) is 9.59 Å². The zero-order valence-corrected chi connectivity index (χ0v) is 11.5. The van der Waals surface area contributed by atoms with Gasteiger partial charge in [0.25, 0.3) is 0 Å². The summed E-state index contributed by atoms with van der Waals surface area (Å²) in [5.41, 5.74) is 0. The van der Waals surface area contributed by atoms with Gasteiger partial charge < -0.3 is 9.80 Å². The number of hydrogen-bond donors (Lipinski definition) is 0. The van der Waals surface area contributed by atoms with Crippen LogP contribution >= 0.6 is 0 Å². The summed E-state index contributed by atoms with van der Waals surface area (Å²) < 4.78 is 0. The molecule has 0 radical (unpaired) electrons. The average Bonchev–Trinajstić information content (AvgIpc) is 2.40. The molecule has 0 heterocycles. The lowest BCUT2D eigenvalue weighted by Gasteiger charge is -2.26. The molecule has 4 nitrogen and oxygen atoms in total. The topological polar surface area (TPSA) is 40.6 Å². The minimum absolute atomic E-state index is 0.0839. The van der Waals surface area contributed by atoms with E-state index >= 15 is 0 Å². The first kappa shape index (κ1) is 16.4. The third kappa shape index (κ3) is 5.66. The maximum atomic E-state index is 11.6. The fourth-order valence-corrected chi connectivity index (χ4v) is 1.70. The normalized spacial score (nSPS) is 9.67. The van der Waals surface area contributed by atoms with Crippen molar-refractivity contribution in [2.75, 3.05) is 26.2 Å². The average molecular weight is 252 g/mol. The Balaban J connectivity index is 4.44.